The van der Waals surface area contributed by atoms with Crippen molar-refractivity contribution in [1.82, 2.24) is 14.5 Å². The average molecular weight is 404 g/mol. The Kier molecular flexibility index (Phi) is 4.70. The number of aryl methyl sites for hydroxylation is 1. The third-order valence-electron chi connectivity index (χ3n) is 4.93. The molecule has 0 amide bonds. The highest BCUT2D eigenvalue weighted by Crippen LogP contribution is 2.35. The average Bonchev–Trinajstić information content (AvgIpc) is 3.48. The highest BCUT2D eigenvalue weighted by atomic mass is 35.5. The van der Waals surface area contributed by atoms with Crippen LogP contribution in [0.1, 0.15) is 19.8 Å². The Morgan fingerprint density at radius 1 is 1.26 bits per heavy atom. The number of pyridine rings is 1. The van der Waals surface area contributed by atoms with Gasteiger partial charge in [0.15, 0.2) is 0 Å². The Hall–Kier alpha value is -2.31. The Bertz CT molecular complexity index is 1080. The van der Waals surface area contributed by atoms with Gasteiger partial charge in [0, 0.05) is 30.4 Å². The normalized spacial score (nSPS) is 15.0. The number of aromatic nitrogens is 3. The summed E-state index contributed by atoms with van der Waals surface area (Å²) in [6.45, 7) is 2.13. The molecule has 1 aliphatic carbocycles. The first-order valence-corrected chi connectivity index (χ1v) is 9.54. The summed E-state index contributed by atoms with van der Waals surface area (Å²) in [6, 6.07) is 7.77. The van der Waals surface area contributed by atoms with Gasteiger partial charge >= 0.3 is 5.69 Å². The lowest BCUT2D eigenvalue weighted by Gasteiger charge is -2.17. The molecule has 3 aromatic rings. The smallest absolute Gasteiger partial charge is 0.349 e. The summed E-state index contributed by atoms with van der Waals surface area (Å²) in [5, 5.41) is 8.14. The molecule has 27 heavy (non-hydrogen) atoms. The summed E-state index contributed by atoms with van der Waals surface area (Å²) in [6.07, 6.45) is 4.02. The maximum Gasteiger partial charge on any atom is 0.349 e. The lowest BCUT2D eigenvalue weighted by atomic mass is 10.1. The minimum absolute atomic E-state index is 0.243. The summed E-state index contributed by atoms with van der Waals surface area (Å²) in [5.74, 6) is 1.25. The van der Waals surface area contributed by atoms with Crippen molar-refractivity contribution in [3.63, 3.8) is 0 Å². The van der Waals surface area contributed by atoms with Gasteiger partial charge in [-0.05, 0) is 49.9 Å². The zero-order chi connectivity index (χ0) is 19.1. The molecule has 0 aliphatic heterocycles. The van der Waals surface area contributed by atoms with Crippen LogP contribution in [-0.4, -0.2) is 20.6 Å². The molecule has 1 fully saturated rings. The summed E-state index contributed by atoms with van der Waals surface area (Å²) in [5.41, 5.74) is 2.01. The van der Waals surface area contributed by atoms with Gasteiger partial charge in [-0.15, -0.1) is 0 Å². The van der Waals surface area contributed by atoms with E-state index in [4.69, 9.17) is 23.2 Å². The number of nitrogens with one attached hydrogen (secondary N) is 2. The van der Waals surface area contributed by atoms with Gasteiger partial charge in [0.25, 0.3) is 0 Å². The van der Waals surface area contributed by atoms with Crippen LogP contribution in [0.3, 0.4) is 0 Å². The molecule has 0 saturated heterocycles. The van der Waals surface area contributed by atoms with Crippen LogP contribution in [0.25, 0.3) is 10.9 Å². The van der Waals surface area contributed by atoms with Crippen molar-refractivity contribution >= 4 is 51.3 Å². The Morgan fingerprint density at radius 2 is 2.04 bits per heavy atom. The molecule has 8 heteroatoms. The van der Waals surface area contributed by atoms with Gasteiger partial charge in [-0.3, -0.25) is 4.57 Å². The lowest BCUT2D eigenvalue weighted by molar-refractivity contribution is 0.689. The number of hydrogen-bond donors (Lipinski definition) is 2. The first-order chi connectivity index (χ1) is 12.9. The Morgan fingerprint density at radius 3 is 2.78 bits per heavy atom. The van der Waals surface area contributed by atoms with Crippen LogP contribution in [0.4, 0.5) is 17.2 Å². The fraction of sp³-hybridized carbons (Fsp3) is 0.316. The van der Waals surface area contributed by atoms with E-state index in [1.165, 1.54) is 12.8 Å². The second-order valence-corrected chi connectivity index (χ2v) is 7.63. The lowest BCUT2D eigenvalue weighted by Crippen LogP contribution is -2.25. The number of hydrogen-bond acceptors (Lipinski definition) is 5. The predicted molar refractivity (Wildman–Crippen MR) is 110 cm³/mol. The fourth-order valence-corrected chi connectivity index (χ4v) is 3.46. The van der Waals surface area contributed by atoms with Crippen LogP contribution in [0.2, 0.25) is 10.2 Å². The van der Waals surface area contributed by atoms with E-state index in [0.717, 1.165) is 16.6 Å². The molecule has 1 atom stereocenters. The summed E-state index contributed by atoms with van der Waals surface area (Å²) in [7, 11) is 1.72. The minimum atomic E-state index is -0.280. The van der Waals surface area contributed by atoms with Crippen molar-refractivity contribution in [2.24, 2.45) is 13.0 Å². The van der Waals surface area contributed by atoms with Gasteiger partial charge in [0.05, 0.1) is 11.2 Å². The molecule has 2 N–H and O–H groups in total. The Labute approximate surface area is 166 Å². The van der Waals surface area contributed by atoms with E-state index in [1.807, 2.05) is 18.2 Å². The van der Waals surface area contributed by atoms with Crippen LogP contribution >= 0.6 is 23.2 Å². The molecule has 6 nitrogen and oxygen atoms in total. The highest BCUT2D eigenvalue weighted by molar-refractivity contribution is 6.43. The standard InChI is InChI=1S/C19H19Cl2N5O/c1-10(11-3-4-11)23-18-13-9-12(5-6-15(13)26(2)19(27)25-18)24-14-7-8-22-17(21)16(14)20/h5-11H,3-4H2,1-2H3,(H,22,24)(H,23,25,27)/t10-/m1/s1. The molecule has 1 saturated carbocycles. The molecule has 2 heterocycles. The second-order valence-electron chi connectivity index (χ2n) is 6.89. The minimum Gasteiger partial charge on any atom is -0.367 e. The van der Waals surface area contributed by atoms with Crippen LogP contribution < -0.4 is 16.3 Å². The molecule has 0 bridgehead atoms. The predicted octanol–water partition coefficient (Wildman–Crippen LogP) is 4.59. The topological polar surface area (TPSA) is 71.8 Å². The number of rotatable bonds is 5. The van der Waals surface area contributed by atoms with Crippen molar-refractivity contribution in [1.29, 1.82) is 0 Å². The number of fused-ring (bicyclic) bond motifs is 1. The number of halogens is 2. The van der Waals surface area contributed by atoms with Crippen molar-refractivity contribution < 1.29 is 0 Å². The van der Waals surface area contributed by atoms with E-state index >= 15 is 0 Å². The second kappa shape index (κ2) is 7.02. The number of anilines is 3. The van der Waals surface area contributed by atoms with Crippen molar-refractivity contribution in [3.8, 4) is 0 Å². The third kappa shape index (κ3) is 3.59. The van der Waals surface area contributed by atoms with Crippen LogP contribution in [-0.2, 0) is 7.05 Å². The van der Waals surface area contributed by atoms with Crippen LogP contribution in [0.15, 0.2) is 35.3 Å². The molecule has 1 aliphatic rings. The van der Waals surface area contributed by atoms with Gasteiger partial charge in [-0.2, -0.15) is 4.98 Å². The van der Waals surface area contributed by atoms with E-state index in [-0.39, 0.29) is 16.9 Å². The van der Waals surface area contributed by atoms with Crippen molar-refractivity contribution in [2.45, 2.75) is 25.8 Å². The number of benzene rings is 1. The quantitative estimate of drug-likeness (QED) is 0.609. The van der Waals surface area contributed by atoms with E-state index in [2.05, 4.69) is 27.5 Å². The van der Waals surface area contributed by atoms with Gasteiger partial charge in [-0.1, -0.05) is 23.2 Å². The van der Waals surface area contributed by atoms with Gasteiger partial charge < -0.3 is 10.6 Å². The molecule has 4 rings (SSSR count). The van der Waals surface area contributed by atoms with Crippen molar-refractivity contribution in [2.75, 3.05) is 10.6 Å². The zero-order valence-electron chi connectivity index (χ0n) is 15.0. The molecular weight excluding hydrogens is 385 g/mol. The summed E-state index contributed by atoms with van der Waals surface area (Å²) < 4.78 is 1.54. The zero-order valence-corrected chi connectivity index (χ0v) is 16.5. The van der Waals surface area contributed by atoms with Crippen LogP contribution in [0.5, 0.6) is 0 Å². The number of nitrogens with zero attached hydrogens (tertiary/aromatic N) is 3. The molecule has 1 aromatic carbocycles. The van der Waals surface area contributed by atoms with E-state index in [9.17, 15) is 4.79 Å². The fourth-order valence-electron chi connectivity index (χ4n) is 3.14. The van der Waals surface area contributed by atoms with Gasteiger partial charge in [0.2, 0.25) is 0 Å². The first-order valence-electron chi connectivity index (χ1n) is 8.78. The molecular formula is C19H19Cl2N5O. The van der Waals surface area contributed by atoms with Gasteiger partial charge in [0.1, 0.15) is 16.0 Å². The molecule has 140 valence electrons. The molecule has 2 aromatic heterocycles. The monoisotopic (exact) mass is 403 g/mol. The molecule has 0 spiro atoms. The van der Waals surface area contributed by atoms with Crippen LogP contribution in [0, 0.1) is 5.92 Å². The largest absolute Gasteiger partial charge is 0.367 e. The third-order valence-corrected chi connectivity index (χ3v) is 5.69. The first kappa shape index (κ1) is 18.1. The van der Waals surface area contributed by atoms with E-state index in [1.54, 1.807) is 23.9 Å². The summed E-state index contributed by atoms with van der Waals surface area (Å²) in [4.78, 5) is 20.4. The highest BCUT2D eigenvalue weighted by Gasteiger charge is 2.28. The maximum absolute atomic E-state index is 12.2. The van der Waals surface area contributed by atoms with E-state index in [0.29, 0.717) is 22.4 Å². The Balaban J connectivity index is 1.76. The van der Waals surface area contributed by atoms with Gasteiger partial charge in [-0.25, -0.2) is 9.78 Å². The molecule has 0 unspecified atom stereocenters. The van der Waals surface area contributed by atoms with E-state index < -0.39 is 0 Å². The SMILES string of the molecule is C[C@@H](Nc1nc(=O)n(C)c2ccc(Nc3ccnc(Cl)c3Cl)cc12)C1CC1. The summed E-state index contributed by atoms with van der Waals surface area (Å²) >= 11 is 12.2. The van der Waals surface area contributed by atoms with Crippen molar-refractivity contribution in [3.05, 3.63) is 51.1 Å². The maximum atomic E-state index is 12.2. The molecule has 0 radical (unpaired) electrons.